The van der Waals surface area contributed by atoms with Crippen LogP contribution in [0.4, 0.5) is 0 Å². The van der Waals surface area contributed by atoms with E-state index in [0.29, 0.717) is 12.2 Å². The number of likely N-dealkylation sites (N-methyl/N-ethyl adjacent to an activating group) is 1. The minimum atomic E-state index is -3.61. The van der Waals surface area contributed by atoms with Crippen LogP contribution in [-0.2, 0) is 26.2 Å². The minimum absolute atomic E-state index is 0.117. The van der Waals surface area contributed by atoms with Gasteiger partial charge in [-0.3, -0.25) is 9.59 Å². The van der Waals surface area contributed by atoms with Crippen molar-refractivity contribution in [2.45, 2.75) is 37.2 Å². The maximum absolute atomic E-state index is 13.0. The average Bonchev–Trinajstić information content (AvgIpc) is 2.82. The molecule has 0 aliphatic heterocycles. The maximum atomic E-state index is 13.0. The Morgan fingerprint density at radius 1 is 1.06 bits per heavy atom. The van der Waals surface area contributed by atoms with E-state index in [1.165, 1.54) is 23.3 Å². The van der Waals surface area contributed by atoms with E-state index in [1.807, 2.05) is 12.1 Å². The van der Waals surface area contributed by atoms with Gasteiger partial charge in [0.25, 0.3) is 0 Å². The molecule has 2 aromatic rings. The van der Waals surface area contributed by atoms with Crippen LogP contribution in [0.25, 0.3) is 0 Å². The van der Waals surface area contributed by atoms with Crippen LogP contribution in [0.5, 0.6) is 5.75 Å². The van der Waals surface area contributed by atoms with Crippen molar-refractivity contribution in [2.24, 2.45) is 0 Å². The van der Waals surface area contributed by atoms with Crippen LogP contribution in [0.15, 0.2) is 59.5 Å². The highest BCUT2D eigenvalue weighted by molar-refractivity contribution is 7.89. The Balaban J connectivity index is 2.04. The van der Waals surface area contributed by atoms with E-state index in [4.69, 9.17) is 4.74 Å². The van der Waals surface area contributed by atoms with Gasteiger partial charge < -0.3 is 15.0 Å². The number of sulfonamides is 1. The molecule has 8 nitrogen and oxygen atoms in total. The second kappa shape index (κ2) is 11.6. The molecule has 0 saturated heterocycles. The summed E-state index contributed by atoms with van der Waals surface area (Å²) in [5.74, 6) is 0.215. The molecule has 32 heavy (non-hydrogen) atoms. The zero-order valence-corrected chi connectivity index (χ0v) is 19.8. The largest absolute Gasteiger partial charge is 0.497 e. The number of ether oxygens (including phenoxy) is 1. The average molecular weight is 462 g/mol. The number of carbonyl (C=O) groups excluding carboxylic acids is 2. The summed E-state index contributed by atoms with van der Waals surface area (Å²) in [5.41, 5.74) is 0.860. The van der Waals surface area contributed by atoms with Gasteiger partial charge in [0, 0.05) is 33.6 Å². The fourth-order valence-corrected chi connectivity index (χ4v) is 4.44. The molecule has 0 aliphatic rings. The summed E-state index contributed by atoms with van der Waals surface area (Å²) in [6, 6.07) is 14.8. The lowest BCUT2D eigenvalue weighted by atomic mass is 10.1. The van der Waals surface area contributed by atoms with E-state index < -0.39 is 16.1 Å². The molecule has 0 aromatic heterocycles. The van der Waals surface area contributed by atoms with Crippen molar-refractivity contribution >= 4 is 21.8 Å². The van der Waals surface area contributed by atoms with Crippen LogP contribution in [0.1, 0.15) is 25.3 Å². The van der Waals surface area contributed by atoms with Crippen molar-refractivity contribution in [3.8, 4) is 5.75 Å². The van der Waals surface area contributed by atoms with Gasteiger partial charge in [-0.25, -0.2) is 12.7 Å². The van der Waals surface area contributed by atoms with Gasteiger partial charge in [-0.2, -0.15) is 0 Å². The van der Waals surface area contributed by atoms with Gasteiger partial charge >= 0.3 is 0 Å². The Morgan fingerprint density at radius 2 is 1.69 bits per heavy atom. The summed E-state index contributed by atoms with van der Waals surface area (Å²) in [6.07, 6.45) is 0.452. The lowest BCUT2D eigenvalue weighted by Gasteiger charge is -2.28. The molecule has 174 valence electrons. The third-order valence-corrected chi connectivity index (χ3v) is 7.11. The Labute approximate surface area is 190 Å². The number of hydrogen-bond donors (Lipinski definition) is 1. The third-order valence-electron chi connectivity index (χ3n) is 5.24. The zero-order chi connectivity index (χ0) is 23.7. The lowest BCUT2D eigenvalue weighted by Crippen LogP contribution is -2.46. The second-order valence-corrected chi connectivity index (χ2v) is 9.45. The smallest absolute Gasteiger partial charge is 0.242 e. The number of rotatable bonds is 11. The van der Waals surface area contributed by atoms with Crippen molar-refractivity contribution in [3.05, 3.63) is 60.2 Å². The molecule has 1 unspecified atom stereocenters. The minimum Gasteiger partial charge on any atom is -0.497 e. The number of amides is 2. The number of nitrogens with zero attached hydrogens (tertiary/aromatic N) is 2. The van der Waals surface area contributed by atoms with Crippen LogP contribution in [0.2, 0.25) is 0 Å². The highest BCUT2D eigenvalue weighted by atomic mass is 32.2. The Bertz CT molecular complexity index is 994. The molecular formula is C23H31N3O5S. The van der Waals surface area contributed by atoms with Crippen LogP contribution < -0.4 is 10.1 Å². The highest BCUT2D eigenvalue weighted by Gasteiger charge is 2.26. The van der Waals surface area contributed by atoms with Gasteiger partial charge in [-0.15, -0.1) is 0 Å². The zero-order valence-electron chi connectivity index (χ0n) is 18.9. The Hall–Kier alpha value is -2.91. The van der Waals surface area contributed by atoms with Gasteiger partial charge in [0.05, 0.1) is 12.0 Å². The summed E-state index contributed by atoms with van der Waals surface area (Å²) >= 11 is 0. The molecule has 2 rings (SSSR count). The van der Waals surface area contributed by atoms with Crippen LogP contribution in [0.3, 0.4) is 0 Å². The topological polar surface area (TPSA) is 96.0 Å². The lowest BCUT2D eigenvalue weighted by molar-refractivity contribution is -0.140. The van der Waals surface area contributed by atoms with Crippen LogP contribution in [0, 0.1) is 0 Å². The van der Waals surface area contributed by atoms with E-state index in [1.54, 1.807) is 56.5 Å². The summed E-state index contributed by atoms with van der Waals surface area (Å²) in [7, 11) is 0.984. The summed E-state index contributed by atoms with van der Waals surface area (Å²) in [5, 5.41) is 2.58. The van der Waals surface area contributed by atoms with Crippen molar-refractivity contribution in [1.82, 2.24) is 14.5 Å². The van der Waals surface area contributed by atoms with Crippen LogP contribution >= 0.6 is 0 Å². The monoisotopic (exact) mass is 461 g/mol. The fraction of sp³-hybridized carbons (Fsp3) is 0.391. The van der Waals surface area contributed by atoms with Gasteiger partial charge in [0.2, 0.25) is 21.8 Å². The quantitative estimate of drug-likeness (QED) is 0.554. The molecule has 0 bridgehead atoms. The van der Waals surface area contributed by atoms with Gasteiger partial charge in [0.1, 0.15) is 11.8 Å². The van der Waals surface area contributed by atoms with Crippen molar-refractivity contribution in [3.63, 3.8) is 0 Å². The molecule has 0 fully saturated rings. The normalized spacial score (nSPS) is 12.3. The number of nitrogens with one attached hydrogen (secondary N) is 1. The fourth-order valence-electron chi connectivity index (χ4n) is 3.21. The van der Waals surface area contributed by atoms with Gasteiger partial charge in [0.15, 0.2) is 0 Å². The molecule has 0 radical (unpaired) electrons. The van der Waals surface area contributed by atoms with E-state index >= 15 is 0 Å². The summed E-state index contributed by atoms with van der Waals surface area (Å²) in [4.78, 5) is 26.9. The molecule has 9 heteroatoms. The predicted octanol–water partition coefficient (Wildman–Crippen LogP) is 2.26. The van der Waals surface area contributed by atoms with Crippen molar-refractivity contribution < 1.29 is 22.7 Å². The molecule has 0 aliphatic carbocycles. The molecule has 0 saturated carbocycles. The molecule has 0 heterocycles. The number of benzene rings is 2. The molecule has 2 aromatic carbocycles. The highest BCUT2D eigenvalue weighted by Crippen LogP contribution is 2.17. The third kappa shape index (κ3) is 6.54. The van der Waals surface area contributed by atoms with E-state index in [0.717, 1.165) is 5.56 Å². The number of hydrogen-bond acceptors (Lipinski definition) is 5. The Morgan fingerprint density at radius 3 is 2.25 bits per heavy atom. The Kier molecular flexibility index (Phi) is 9.22. The predicted molar refractivity (Wildman–Crippen MR) is 123 cm³/mol. The second-order valence-electron chi connectivity index (χ2n) is 7.40. The number of methoxy groups -OCH3 is 1. The van der Waals surface area contributed by atoms with Gasteiger partial charge in [-0.1, -0.05) is 30.3 Å². The molecule has 0 spiro atoms. The van der Waals surface area contributed by atoms with E-state index in [-0.39, 0.29) is 36.2 Å². The summed E-state index contributed by atoms with van der Waals surface area (Å²) in [6.45, 7) is 2.12. The van der Waals surface area contributed by atoms with E-state index in [9.17, 15) is 18.0 Å². The first kappa shape index (κ1) is 25.4. The first-order chi connectivity index (χ1) is 15.2. The van der Waals surface area contributed by atoms with Crippen LogP contribution in [-0.4, -0.2) is 63.2 Å². The summed E-state index contributed by atoms with van der Waals surface area (Å²) < 4.78 is 31.7. The van der Waals surface area contributed by atoms with Crippen molar-refractivity contribution in [2.75, 3.05) is 27.7 Å². The standard InChI is InChI=1S/C23H31N3O5S/c1-18(23(28)24-2)26(17-19-12-14-20(31-4)15-13-19)22(27)11-8-16-25(3)32(29,30)21-9-6-5-7-10-21/h5-7,9-10,12-15,18H,8,11,16-17H2,1-4H3,(H,24,28). The van der Waals surface area contributed by atoms with E-state index in [2.05, 4.69) is 5.32 Å². The van der Waals surface area contributed by atoms with Gasteiger partial charge in [-0.05, 0) is 43.2 Å². The van der Waals surface area contributed by atoms with Crippen molar-refractivity contribution in [1.29, 1.82) is 0 Å². The SMILES string of the molecule is CNC(=O)C(C)N(Cc1ccc(OC)cc1)C(=O)CCCN(C)S(=O)(=O)c1ccccc1. The number of carbonyl (C=O) groups is 2. The first-order valence-electron chi connectivity index (χ1n) is 10.4. The first-order valence-corrected chi connectivity index (χ1v) is 11.8. The maximum Gasteiger partial charge on any atom is 0.242 e. The molecule has 1 atom stereocenters. The molecule has 2 amide bonds. The molecular weight excluding hydrogens is 430 g/mol. The molecule has 1 N–H and O–H groups in total.